The molecule has 1 fully saturated rings. The summed E-state index contributed by atoms with van der Waals surface area (Å²) < 4.78 is 27.5. The third-order valence-corrected chi connectivity index (χ3v) is 5.89. The van der Waals surface area contributed by atoms with E-state index in [1.165, 1.54) is 24.3 Å². The Morgan fingerprint density at radius 3 is 2.42 bits per heavy atom. The zero-order valence-electron chi connectivity index (χ0n) is 14.1. The average molecular weight is 369 g/mol. The summed E-state index contributed by atoms with van der Waals surface area (Å²) in [6.07, 6.45) is 3.81. The molecule has 2 N–H and O–H groups in total. The summed E-state index contributed by atoms with van der Waals surface area (Å²) in [5.74, 6) is -0.368. The SMILES string of the molecule is N#Cc1cccc(NC(=O)c2ccc(S(=O)(=O)NC3CCCC3)cc2)c1. The number of carbonyl (C=O) groups excluding carboxylic acids is 1. The van der Waals surface area contributed by atoms with Crippen LogP contribution in [-0.2, 0) is 10.0 Å². The van der Waals surface area contributed by atoms with Crippen molar-refractivity contribution < 1.29 is 13.2 Å². The van der Waals surface area contributed by atoms with Crippen LogP contribution < -0.4 is 10.0 Å². The number of anilines is 1. The molecule has 2 aromatic rings. The second-order valence-corrected chi connectivity index (χ2v) is 7.99. The molecule has 1 amide bonds. The first-order valence-electron chi connectivity index (χ1n) is 8.42. The summed E-state index contributed by atoms with van der Waals surface area (Å²) in [7, 11) is -3.57. The van der Waals surface area contributed by atoms with Gasteiger partial charge in [0.15, 0.2) is 0 Å². The van der Waals surface area contributed by atoms with Crippen LogP contribution in [-0.4, -0.2) is 20.4 Å². The van der Waals surface area contributed by atoms with Crippen LogP contribution in [0.1, 0.15) is 41.6 Å². The van der Waals surface area contributed by atoms with Crippen molar-refractivity contribution in [2.45, 2.75) is 36.6 Å². The molecular weight excluding hydrogens is 350 g/mol. The summed E-state index contributed by atoms with van der Waals surface area (Å²) in [5.41, 5.74) is 1.29. The number of amides is 1. The number of hydrogen-bond donors (Lipinski definition) is 2. The molecule has 0 heterocycles. The van der Waals surface area contributed by atoms with Crippen LogP contribution in [0, 0.1) is 11.3 Å². The van der Waals surface area contributed by atoms with Crippen LogP contribution in [0.25, 0.3) is 0 Å². The summed E-state index contributed by atoms with van der Waals surface area (Å²) in [6, 6.07) is 14.4. The maximum atomic E-state index is 12.4. The fraction of sp³-hybridized carbons (Fsp3) is 0.263. The van der Waals surface area contributed by atoms with Gasteiger partial charge in [-0.25, -0.2) is 13.1 Å². The quantitative estimate of drug-likeness (QED) is 0.846. The highest BCUT2D eigenvalue weighted by atomic mass is 32.2. The largest absolute Gasteiger partial charge is 0.322 e. The molecule has 134 valence electrons. The van der Waals surface area contributed by atoms with Crippen molar-refractivity contribution in [3.63, 3.8) is 0 Å². The van der Waals surface area contributed by atoms with Gasteiger partial charge in [0.05, 0.1) is 16.5 Å². The molecule has 1 saturated carbocycles. The number of carbonyl (C=O) groups is 1. The Morgan fingerprint density at radius 2 is 1.77 bits per heavy atom. The molecule has 26 heavy (non-hydrogen) atoms. The number of rotatable bonds is 5. The molecule has 3 rings (SSSR count). The van der Waals surface area contributed by atoms with Gasteiger partial charge < -0.3 is 5.32 Å². The van der Waals surface area contributed by atoms with Gasteiger partial charge in [-0.15, -0.1) is 0 Å². The molecule has 0 radical (unpaired) electrons. The first kappa shape index (κ1) is 18.1. The zero-order chi connectivity index (χ0) is 18.6. The van der Waals surface area contributed by atoms with Crippen molar-refractivity contribution in [2.24, 2.45) is 0 Å². The monoisotopic (exact) mass is 369 g/mol. The molecule has 6 nitrogen and oxygen atoms in total. The van der Waals surface area contributed by atoms with E-state index in [-0.39, 0.29) is 16.8 Å². The average Bonchev–Trinajstić information content (AvgIpc) is 3.14. The van der Waals surface area contributed by atoms with Gasteiger partial charge in [-0.3, -0.25) is 4.79 Å². The molecule has 2 aromatic carbocycles. The van der Waals surface area contributed by atoms with E-state index in [0.717, 1.165) is 25.7 Å². The predicted molar refractivity (Wildman–Crippen MR) is 98.1 cm³/mol. The van der Waals surface area contributed by atoms with E-state index in [0.29, 0.717) is 16.8 Å². The summed E-state index contributed by atoms with van der Waals surface area (Å²) in [6.45, 7) is 0. The highest BCUT2D eigenvalue weighted by Gasteiger charge is 2.23. The molecule has 0 bridgehead atoms. The topological polar surface area (TPSA) is 99.1 Å². The second-order valence-electron chi connectivity index (χ2n) is 6.27. The van der Waals surface area contributed by atoms with Crippen molar-refractivity contribution in [2.75, 3.05) is 5.32 Å². The standard InChI is InChI=1S/C19H19N3O3S/c20-13-14-4-3-7-17(12-14)21-19(23)15-8-10-18(11-9-15)26(24,25)22-16-5-1-2-6-16/h3-4,7-12,16,22H,1-2,5-6H2,(H,21,23). The van der Waals surface area contributed by atoms with Crippen molar-refractivity contribution in [3.05, 3.63) is 59.7 Å². The predicted octanol–water partition coefficient (Wildman–Crippen LogP) is 3.03. The van der Waals surface area contributed by atoms with E-state index in [1.807, 2.05) is 6.07 Å². The Balaban J connectivity index is 1.70. The normalized spacial score (nSPS) is 14.7. The highest BCUT2D eigenvalue weighted by Crippen LogP contribution is 2.21. The maximum absolute atomic E-state index is 12.4. The van der Waals surface area contributed by atoms with E-state index >= 15 is 0 Å². The molecule has 0 aromatic heterocycles. The molecule has 0 aliphatic heterocycles. The number of nitriles is 1. The highest BCUT2D eigenvalue weighted by molar-refractivity contribution is 7.89. The lowest BCUT2D eigenvalue weighted by Crippen LogP contribution is -2.32. The van der Waals surface area contributed by atoms with Gasteiger partial charge in [0.25, 0.3) is 5.91 Å². The maximum Gasteiger partial charge on any atom is 0.255 e. The van der Waals surface area contributed by atoms with E-state index in [2.05, 4.69) is 10.0 Å². The second kappa shape index (κ2) is 7.68. The van der Waals surface area contributed by atoms with Gasteiger partial charge in [-0.1, -0.05) is 18.9 Å². The van der Waals surface area contributed by atoms with Crippen LogP contribution in [0.5, 0.6) is 0 Å². The van der Waals surface area contributed by atoms with E-state index < -0.39 is 10.0 Å². The van der Waals surface area contributed by atoms with Gasteiger partial charge in [0, 0.05) is 17.3 Å². The third kappa shape index (κ3) is 4.28. The zero-order valence-corrected chi connectivity index (χ0v) is 14.9. The lowest BCUT2D eigenvalue weighted by molar-refractivity contribution is 0.102. The number of nitrogens with one attached hydrogen (secondary N) is 2. The number of sulfonamides is 1. The van der Waals surface area contributed by atoms with Gasteiger partial charge >= 0.3 is 0 Å². The van der Waals surface area contributed by atoms with Crippen LogP contribution in [0.3, 0.4) is 0 Å². The molecule has 0 unspecified atom stereocenters. The Labute approximate surface area is 152 Å². The summed E-state index contributed by atoms with van der Waals surface area (Å²) in [5, 5.41) is 11.6. The Bertz CT molecular complexity index is 941. The van der Waals surface area contributed by atoms with Gasteiger partial charge in [0.2, 0.25) is 10.0 Å². The number of benzene rings is 2. The minimum Gasteiger partial charge on any atom is -0.322 e. The minimum atomic E-state index is -3.57. The van der Waals surface area contributed by atoms with Crippen molar-refractivity contribution in [1.82, 2.24) is 4.72 Å². The van der Waals surface area contributed by atoms with E-state index in [1.54, 1.807) is 24.3 Å². The van der Waals surface area contributed by atoms with Crippen molar-refractivity contribution in [3.8, 4) is 6.07 Å². The molecule has 1 aliphatic rings. The lowest BCUT2D eigenvalue weighted by Gasteiger charge is -2.13. The van der Waals surface area contributed by atoms with Gasteiger partial charge in [-0.05, 0) is 55.3 Å². The smallest absolute Gasteiger partial charge is 0.255 e. The Kier molecular flexibility index (Phi) is 5.35. The Hall–Kier alpha value is -2.69. The molecular formula is C19H19N3O3S. The molecule has 1 aliphatic carbocycles. The van der Waals surface area contributed by atoms with Crippen molar-refractivity contribution in [1.29, 1.82) is 5.26 Å². The van der Waals surface area contributed by atoms with Crippen LogP contribution >= 0.6 is 0 Å². The van der Waals surface area contributed by atoms with Crippen LogP contribution in [0.4, 0.5) is 5.69 Å². The number of hydrogen-bond acceptors (Lipinski definition) is 4. The fourth-order valence-corrected chi connectivity index (χ4v) is 4.29. The van der Waals surface area contributed by atoms with Crippen LogP contribution in [0.15, 0.2) is 53.4 Å². The summed E-state index contributed by atoms with van der Waals surface area (Å²) in [4.78, 5) is 12.4. The van der Waals surface area contributed by atoms with Crippen LogP contribution in [0.2, 0.25) is 0 Å². The van der Waals surface area contributed by atoms with Crippen molar-refractivity contribution >= 4 is 21.6 Å². The lowest BCUT2D eigenvalue weighted by atomic mass is 10.2. The Morgan fingerprint density at radius 1 is 1.08 bits per heavy atom. The van der Waals surface area contributed by atoms with E-state index in [9.17, 15) is 13.2 Å². The molecule has 0 saturated heterocycles. The first-order valence-corrected chi connectivity index (χ1v) is 9.90. The minimum absolute atomic E-state index is 0.00427. The molecule has 0 spiro atoms. The first-order chi connectivity index (χ1) is 12.5. The third-order valence-electron chi connectivity index (χ3n) is 4.35. The van der Waals surface area contributed by atoms with Gasteiger partial charge in [-0.2, -0.15) is 5.26 Å². The fourth-order valence-electron chi connectivity index (χ4n) is 2.99. The number of nitrogens with zero attached hydrogens (tertiary/aromatic N) is 1. The van der Waals surface area contributed by atoms with E-state index in [4.69, 9.17) is 5.26 Å². The van der Waals surface area contributed by atoms with Gasteiger partial charge in [0.1, 0.15) is 0 Å². The summed E-state index contributed by atoms with van der Waals surface area (Å²) >= 11 is 0. The molecule has 0 atom stereocenters. The molecule has 7 heteroatoms.